The Morgan fingerprint density at radius 2 is 1.45 bits per heavy atom. The van der Waals surface area contributed by atoms with Gasteiger partial charge in [-0.15, -0.1) is 0 Å². The van der Waals surface area contributed by atoms with Gasteiger partial charge in [0.2, 0.25) is 0 Å². The van der Waals surface area contributed by atoms with Gasteiger partial charge in [0.25, 0.3) is 0 Å². The van der Waals surface area contributed by atoms with Gasteiger partial charge in [-0.3, -0.25) is 0 Å². The predicted molar refractivity (Wildman–Crippen MR) is 95.7 cm³/mol. The number of rotatable bonds is 2. The highest BCUT2D eigenvalue weighted by atomic mass is 16.5. The lowest BCUT2D eigenvalue weighted by atomic mass is 9.91. The normalized spacial score (nSPS) is 12.3. The Labute approximate surface area is 129 Å². The van der Waals surface area contributed by atoms with E-state index in [9.17, 15) is 0 Å². The van der Waals surface area contributed by atoms with Gasteiger partial charge in [-0.1, -0.05) is 67.3 Å². The van der Waals surface area contributed by atoms with Crippen molar-refractivity contribution in [1.29, 1.82) is 0 Å². The Kier molecular flexibility index (Phi) is 2.87. The van der Waals surface area contributed by atoms with Gasteiger partial charge in [-0.25, -0.2) is 0 Å². The molecule has 0 N–H and O–H groups in total. The molecule has 0 aliphatic heterocycles. The standard InChI is InChI=1S/C21H16O/c1-3-14-7-4-10-16-17-11-5-8-15-9-6-12-18(21(15)17)19(13-22-2)20(14)16/h3-13H,1H2,2H3/b19-13-. The fourth-order valence-corrected chi connectivity index (χ4v) is 3.43. The molecule has 0 atom stereocenters. The lowest BCUT2D eigenvalue weighted by molar-refractivity contribution is 0.392. The van der Waals surface area contributed by atoms with Gasteiger partial charge in [-0.05, 0) is 32.5 Å². The molecule has 1 heteroatoms. The summed E-state index contributed by atoms with van der Waals surface area (Å²) in [4.78, 5) is 0. The highest BCUT2D eigenvalue weighted by molar-refractivity contribution is 6.22. The molecule has 0 aliphatic carbocycles. The zero-order chi connectivity index (χ0) is 15.1. The van der Waals surface area contributed by atoms with Crippen molar-refractivity contribution in [3.05, 3.63) is 72.0 Å². The summed E-state index contributed by atoms with van der Waals surface area (Å²) in [5.74, 6) is 0. The van der Waals surface area contributed by atoms with E-state index >= 15 is 0 Å². The minimum Gasteiger partial charge on any atom is -0.504 e. The lowest BCUT2D eigenvalue weighted by Gasteiger charge is -2.12. The average molecular weight is 284 g/mol. The topological polar surface area (TPSA) is 9.23 Å². The Morgan fingerprint density at radius 1 is 0.818 bits per heavy atom. The molecule has 0 heterocycles. The fraction of sp³-hybridized carbons (Fsp3) is 0.0476. The van der Waals surface area contributed by atoms with Crippen LogP contribution >= 0.6 is 0 Å². The maximum absolute atomic E-state index is 5.39. The van der Waals surface area contributed by atoms with Crippen LogP contribution in [0.5, 0.6) is 0 Å². The van der Waals surface area contributed by atoms with Gasteiger partial charge in [0.1, 0.15) is 0 Å². The number of hydrogen-bond donors (Lipinski definition) is 0. The van der Waals surface area contributed by atoms with E-state index in [0.717, 1.165) is 10.8 Å². The third-order valence-electron chi connectivity index (χ3n) is 4.31. The van der Waals surface area contributed by atoms with Crippen molar-refractivity contribution in [2.45, 2.75) is 0 Å². The first-order valence-electron chi connectivity index (χ1n) is 7.36. The third-order valence-corrected chi connectivity index (χ3v) is 4.31. The first-order chi connectivity index (χ1) is 10.8. The second-order valence-electron chi connectivity index (χ2n) is 5.45. The molecule has 0 saturated carbocycles. The SMILES string of the molecule is C=Cc1cccc2c1/c(=C\OC)c1cccc3cccc2c31. The summed E-state index contributed by atoms with van der Waals surface area (Å²) in [7, 11) is 1.70. The summed E-state index contributed by atoms with van der Waals surface area (Å²) < 4.78 is 5.39. The summed E-state index contributed by atoms with van der Waals surface area (Å²) in [6.07, 6.45) is 3.76. The van der Waals surface area contributed by atoms with Crippen LogP contribution in [-0.2, 0) is 4.74 Å². The summed E-state index contributed by atoms with van der Waals surface area (Å²) in [6, 6.07) is 19.3. The molecule has 0 unspecified atom stereocenters. The summed E-state index contributed by atoms with van der Waals surface area (Å²) in [5.41, 5.74) is 1.13. The quantitative estimate of drug-likeness (QED) is 0.376. The lowest BCUT2D eigenvalue weighted by Crippen LogP contribution is -2.07. The molecule has 0 amide bonds. The molecule has 0 spiro atoms. The van der Waals surface area contributed by atoms with Crippen molar-refractivity contribution >= 4 is 44.7 Å². The highest BCUT2D eigenvalue weighted by Gasteiger charge is 2.11. The van der Waals surface area contributed by atoms with Crippen LogP contribution in [0.15, 0.2) is 61.2 Å². The molecule has 22 heavy (non-hydrogen) atoms. The molecule has 0 aliphatic rings. The third kappa shape index (κ3) is 1.66. The molecule has 4 aromatic rings. The zero-order valence-corrected chi connectivity index (χ0v) is 12.5. The van der Waals surface area contributed by atoms with Gasteiger partial charge < -0.3 is 4.74 Å². The Morgan fingerprint density at radius 3 is 2.14 bits per heavy atom. The van der Waals surface area contributed by atoms with Gasteiger partial charge in [0, 0.05) is 10.6 Å². The number of hydrogen-bond acceptors (Lipinski definition) is 1. The number of ether oxygens (including phenoxy) is 1. The summed E-state index contributed by atoms with van der Waals surface area (Å²) >= 11 is 0. The van der Waals surface area contributed by atoms with E-state index in [1.807, 2.05) is 12.3 Å². The number of methoxy groups -OCH3 is 1. The molecular formula is C21H16O. The van der Waals surface area contributed by atoms with Crippen molar-refractivity contribution in [3.8, 4) is 0 Å². The van der Waals surface area contributed by atoms with Crippen LogP contribution in [0.3, 0.4) is 0 Å². The van der Waals surface area contributed by atoms with Crippen molar-refractivity contribution < 1.29 is 4.74 Å². The fourth-order valence-electron chi connectivity index (χ4n) is 3.43. The molecule has 106 valence electrons. The Hall–Kier alpha value is -2.80. The van der Waals surface area contributed by atoms with E-state index in [2.05, 4.69) is 61.2 Å². The van der Waals surface area contributed by atoms with E-state index in [1.165, 1.54) is 32.3 Å². The predicted octanol–water partition coefficient (Wildman–Crippen LogP) is 4.89. The highest BCUT2D eigenvalue weighted by Crippen LogP contribution is 2.32. The van der Waals surface area contributed by atoms with E-state index < -0.39 is 0 Å². The zero-order valence-electron chi connectivity index (χ0n) is 12.5. The van der Waals surface area contributed by atoms with Gasteiger partial charge in [0.05, 0.1) is 13.4 Å². The second kappa shape index (κ2) is 4.88. The van der Waals surface area contributed by atoms with Crippen LogP contribution in [0.1, 0.15) is 5.56 Å². The first-order valence-corrected chi connectivity index (χ1v) is 7.36. The van der Waals surface area contributed by atoms with E-state index in [0.29, 0.717) is 0 Å². The maximum Gasteiger partial charge on any atom is 0.0909 e. The van der Waals surface area contributed by atoms with Crippen LogP contribution < -0.4 is 5.22 Å². The maximum atomic E-state index is 5.39. The van der Waals surface area contributed by atoms with E-state index in [4.69, 9.17) is 4.74 Å². The Balaban J connectivity index is 2.47. The molecule has 0 bridgehead atoms. The summed E-state index contributed by atoms with van der Waals surface area (Å²) in [6.45, 7) is 3.97. The van der Waals surface area contributed by atoms with Crippen molar-refractivity contribution in [2.24, 2.45) is 0 Å². The van der Waals surface area contributed by atoms with E-state index in [-0.39, 0.29) is 0 Å². The van der Waals surface area contributed by atoms with Crippen LogP contribution in [-0.4, -0.2) is 7.11 Å². The minimum absolute atomic E-state index is 1.12. The van der Waals surface area contributed by atoms with Crippen LogP contribution in [0.4, 0.5) is 0 Å². The Bertz CT molecular complexity index is 1070. The molecule has 0 radical (unpaired) electrons. The monoisotopic (exact) mass is 284 g/mol. The number of fused-ring (bicyclic) bond motifs is 2. The largest absolute Gasteiger partial charge is 0.504 e. The number of benzene rings is 4. The van der Waals surface area contributed by atoms with E-state index in [1.54, 1.807) is 7.11 Å². The van der Waals surface area contributed by atoms with Crippen molar-refractivity contribution in [2.75, 3.05) is 7.11 Å². The molecule has 4 aromatic carbocycles. The molecular weight excluding hydrogens is 268 g/mol. The minimum atomic E-state index is 1.12. The first kappa shape index (κ1) is 12.9. The van der Waals surface area contributed by atoms with Gasteiger partial charge in [-0.2, -0.15) is 0 Å². The van der Waals surface area contributed by atoms with Crippen molar-refractivity contribution in [3.63, 3.8) is 0 Å². The average Bonchev–Trinajstić information content (AvgIpc) is 2.58. The molecule has 4 rings (SSSR count). The molecule has 0 aromatic heterocycles. The summed E-state index contributed by atoms with van der Waals surface area (Å²) in [5, 5.41) is 8.61. The molecule has 1 nitrogen and oxygen atoms in total. The molecule has 0 saturated heterocycles. The van der Waals surface area contributed by atoms with Crippen LogP contribution in [0.2, 0.25) is 0 Å². The van der Waals surface area contributed by atoms with Gasteiger partial charge >= 0.3 is 0 Å². The van der Waals surface area contributed by atoms with Crippen LogP contribution in [0.25, 0.3) is 44.7 Å². The molecule has 0 fully saturated rings. The van der Waals surface area contributed by atoms with Crippen molar-refractivity contribution in [1.82, 2.24) is 0 Å². The second-order valence-corrected chi connectivity index (χ2v) is 5.45. The van der Waals surface area contributed by atoms with Crippen LogP contribution in [0, 0.1) is 0 Å². The smallest absolute Gasteiger partial charge is 0.0909 e. The van der Waals surface area contributed by atoms with Gasteiger partial charge in [0.15, 0.2) is 0 Å².